The summed E-state index contributed by atoms with van der Waals surface area (Å²) < 4.78 is 48.3. The lowest BCUT2D eigenvalue weighted by molar-refractivity contribution is -0.207. The summed E-state index contributed by atoms with van der Waals surface area (Å²) in [5.41, 5.74) is 7.94. The lowest BCUT2D eigenvalue weighted by atomic mass is 9.61. The normalized spacial score (nSPS) is 20.2. The molecule has 6 N–H and O–H groups in total. The van der Waals surface area contributed by atoms with Crippen molar-refractivity contribution in [2.45, 2.75) is 71.4 Å². The summed E-state index contributed by atoms with van der Waals surface area (Å²) in [5.74, 6) is -1.19. The molecule has 0 aliphatic carbocycles. The van der Waals surface area contributed by atoms with E-state index in [0.29, 0.717) is 18.6 Å². The number of Topliss-reactive ketones (excluding diaryl/α,β-unsaturated/α-hetero) is 1. The lowest BCUT2D eigenvalue weighted by Crippen LogP contribution is -2.57. The van der Waals surface area contributed by atoms with Crippen molar-refractivity contribution in [3.63, 3.8) is 0 Å². The van der Waals surface area contributed by atoms with Crippen LogP contribution in [0.5, 0.6) is 0 Å². The maximum atomic E-state index is 14.3. The number of amides is 2. The smallest absolute Gasteiger partial charge is 0.350 e. The van der Waals surface area contributed by atoms with Gasteiger partial charge in [-0.3, -0.25) is 19.8 Å². The van der Waals surface area contributed by atoms with E-state index in [-0.39, 0.29) is 12.3 Å². The van der Waals surface area contributed by atoms with Crippen LogP contribution in [0.1, 0.15) is 58.4 Å². The van der Waals surface area contributed by atoms with Crippen LogP contribution >= 0.6 is 0 Å². The molecule has 12 heteroatoms. The van der Waals surface area contributed by atoms with Crippen LogP contribution in [0.2, 0.25) is 0 Å². The van der Waals surface area contributed by atoms with E-state index in [0.717, 1.165) is 18.9 Å². The second-order valence-corrected chi connectivity index (χ2v) is 10.3. The Labute approximate surface area is 226 Å². The van der Waals surface area contributed by atoms with Crippen LogP contribution in [0, 0.1) is 23.2 Å². The third-order valence-corrected chi connectivity index (χ3v) is 6.61. The van der Waals surface area contributed by atoms with Crippen LogP contribution in [0.25, 0.3) is 6.08 Å². The van der Waals surface area contributed by atoms with Gasteiger partial charge >= 0.3 is 6.18 Å². The zero-order valence-electron chi connectivity index (χ0n) is 22.5. The van der Waals surface area contributed by atoms with Crippen LogP contribution in [-0.2, 0) is 24.0 Å². The van der Waals surface area contributed by atoms with Crippen molar-refractivity contribution in [1.29, 1.82) is 0 Å². The van der Waals surface area contributed by atoms with Gasteiger partial charge in [0.1, 0.15) is 0 Å². The largest absolute Gasteiger partial charge is 0.390 e. The number of hydrogen-bond donors (Lipinski definition) is 4. The van der Waals surface area contributed by atoms with Crippen molar-refractivity contribution >= 4 is 23.7 Å². The molecule has 1 fully saturated rings. The van der Waals surface area contributed by atoms with Crippen molar-refractivity contribution < 1.29 is 37.1 Å². The van der Waals surface area contributed by atoms with E-state index >= 15 is 0 Å². The first-order valence-corrected chi connectivity index (χ1v) is 13.0. The number of benzene rings is 1. The Morgan fingerprint density at radius 2 is 1.79 bits per heavy atom. The summed E-state index contributed by atoms with van der Waals surface area (Å²) in [6.45, 7) is 5.09. The SMILES string of the molecule is CC(C)C[C@@H](C(=O)NN)[C@H](C(=O)NOC1CCCCO1)C(/C=C/c1ccccc1)(CC(F)(F)F)C(=O)[C@@H](C)N. The number of carbonyl (C=O) groups is 3. The second kappa shape index (κ2) is 14.5. The summed E-state index contributed by atoms with van der Waals surface area (Å²) in [6.07, 6.45) is -3.16. The molecule has 1 heterocycles. The van der Waals surface area contributed by atoms with Crippen LogP contribution in [-0.4, -0.2) is 42.7 Å². The minimum Gasteiger partial charge on any atom is -0.350 e. The summed E-state index contributed by atoms with van der Waals surface area (Å²) in [7, 11) is 0. The van der Waals surface area contributed by atoms with E-state index < -0.39 is 59.8 Å². The first-order valence-electron chi connectivity index (χ1n) is 13.0. The highest BCUT2D eigenvalue weighted by Gasteiger charge is 2.57. The topological polar surface area (TPSA) is 146 Å². The van der Waals surface area contributed by atoms with Gasteiger partial charge in [0.25, 0.3) is 0 Å². The highest BCUT2D eigenvalue weighted by atomic mass is 19.4. The molecule has 0 radical (unpaired) electrons. The van der Waals surface area contributed by atoms with E-state index in [1.807, 2.05) is 5.43 Å². The van der Waals surface area contributed by atoms with Gasteiger partial charge in [0, 0.05) is 13.0 Å². The number of ketones is 1. The molecule has 1 aromatic carbocycles. The molecule has 0 spiro atoms. The average molecular weight is 557 g/mol. The Bertz CT molecular complexity index is 981. The molecular weight excluding hydrogens is 517 g/mol. The second-order valence-electron chi connectivity index (χ2n) is 10.3. The molecule has 1 aliphatic heterocycles. The minimum atomic E-state index is -4.92. The molecular formula is C27H39F3N4O5. The molecule has 0 saturated carbocycles. The van der Waals surface area contributed by atoms with Gasteiger partial charge < -0.3 is 10.5 Å². The molecule has 0 aromatic heterocycles. The molecule has 5 atom stereocenters. The number of rotatable bonds is 13. The third kappa shape index (κ3) is 9.41. The summed E-state index contributed by atoms with van der Waals surface area (Å²) in [5, 5.41) is 0. The van der Waals surface area contributed by atoms with Crippen LogP contribution in [0.15, 0.2) is 36.4 Å². The van der Waals surface area contributed by atoms with E-state index in [9.17, 15) is 27.6 Å². The maximum Gasteiger partial charge on any atom is 0.390 e. The molecule has 39 heavy (non-hydrogen) atoms. The van der Waals surface area contributed by atoms with Gasteiger partial charge in [-0.2, -0.15) is 13.2 Å². The first-order chi connectivity index (χ1) is 18.3. The Morgan fingerprint density at radius 3 is 2.31 bits per heavy atom. The lowest BCUT2D eigenvalue weighted by Gasteiger charge is -2.41. The zero-order valence-corrected chi connectivity index (χ0v) is 22.5. The van der Waals surface area contributed by atoms with Crippen LogP contribution < -0.4 is 22.5 Å². The Kier molecular flexibility index (Phi) is 12.1. The molecule has 9 nitrogen and oxygen atoms in total. The van der Waals surface area contributed by atoms with Gasteiger partial charge in [-0.15, -0.1) is 0 Å². The molecule has 218 valence electrons. The number of carbonyl (C=O) groups excluding carboxylic acids is 3. The first kappa shape index (κ1) is 32.4. The molecule has 0 bridgehead atoms. The van der Waals surface area contributed by atoms with Crippen molar-refractivity contribution in [2.24, 2.45) is 34.7 Å². The molecule has 2 rings (SSSR count). The number of alkyl halides is 3. The molecule has 2 unspecified atom stereocenters. The Balaban J connectivity index is 2.75. The number of hydroxylamine groups is 1. The van der Waals surface area contributed by atoms with Gasteiger partial charge in [0.2, 0.25) is 11.8 Å². The Hall–Kier alpha value is -2.80. The van der Waals surface area contributed by atoms with E-state index in [4.69, 9.17) is 21.2 Å². The number of hydrogen-bond acceptors (Lipinski definition) is 7. The maximum absolute atomic E-state index is 14.3. The van der Waals surface area contributed by atoms with Crippen molar-refractivity contribution in [3.05, 3.63) is 42.0 Å². The number of hydrazine groups is 1. The highest BCUT2D eigenvalue weighted by Crippen LogP contribution is 2.47. The number of nitrogens with one attached hydrogen (secondary N) is 2. The molecule has 1 aromatic rings. The van der Waals surface area contributed by atoms with Crippen LogP contribution in [0.4, 0.5) is 13.2 Å². The fourth-order valence-electron chi connectivity index (χ4n) is 4.94. The zero-order chi connectivity index (χ0) is 29.2. The Morgan fingerprint density at radius 1 is 1.13 bits per heavy atom. The number of nitrogens with two attached hydrogens (primary N) is 2. The quantitative estimate of drug-likeness (QED) is 0.166. The van der Waals surface area contributed by atoms with Gasteiger partial charge in [-0.25, -0.2) is 16.2 Å². The predicted molar refractivity (Wildman–Crippen MR) is 139 cm³/mol. The number of halogens is 3. The summed E-state index contributed by atoms with van der Waals surface area (Å²) in [4.78, 5) is 46.0. The monoisotopic (exact) mass is 556 g/mol. The summed E-state index contributed by atoms with van der Waals surface area (Å²) in [6, 6.07) is 6.92. The van der Waals surface area contributed by atoms with E-state index in [2.05, 4.69) is 5.48 Å². The van der Waals surface area contributed by atoms with Crippen molar-refractivity contribution in [2.75, 3.05) is 6.61 Å². The molecule has 2 amide bonds. The van der Waals surface area contributed by atoms with Crippen molar-refractivity contribution in [3.8, 4) is 0 Å². The van der Waals surface area contributed by atoms with E-state index in [1.54, 1.807) is 44.2 Å². The molecule has 1 saturated heterocycles. The number of ether oxygens (including phenoxy) is 1. The average Bonchev–Trinajstić information content (AvgIpc) is 2.89. The number of allylic oxidation sites excluding steroid dienone is 1. The van der Waals surface area contributed by atoms with Crippen molar-refractivity contribution in [1.82, 2.24) is 10.9 Å². The van der Waals surface area contributed by atoms with Gasteiger partial charge in [0.15, 0.2) is 12.1 Å². The third-order valence-electron chi connectivity index (χ3n) is 6.61. The predicted octanol–water partition coefficient (Wildman–Crippen LogP) is 3.40. The minimum absolute atomic E-state index is 0.0495. The standard InChI is InChI=1S/C27H39F3N4O5/c1-17(2)15-20(24(36)33-32)22(25(37)34-39-21-11-7-8-14-38-21)26(16-27(28,29)30,23(35)18(3)31)13-12-19-9-5-4-6-10-19/h4-6,9-10,12-13,17-18,20-22H,7-8,11,14-16,31-32H2,1-3H3,(H,33,36)(H,34,37)/b13-12+/t18-,20-,21?,22-,26?/m1/s1. The van der Waals surface area contributed by atoms with Gasteiger partial charge in [-0.1, -0.05) is 56.3 Å². The van der Waals surface area contributed by atoms with Gasteiger partial charge in [-0.05, 0) is 37.7 Å². The van der Waals surface area contributed by atoms with E-state index in [1.165, 1.54) is 13.0 Å². The van der Waals surface area contributed by atoms with Crippen LogP contribution in [0.3, 0.4) is 0 Å². The fourth-order valence-corrected chi connectivity index (χ4v) is 4.94. The highest BCUT2D eigenvalue weighted by molar-refractivity contribution is 5.99. The van der Waals surface area contributed by atoms with Gasteiger partial charge in [0.05, 0.1) is 29.7 Å². The fraction of sp³-hybridized carbons (Fsp3) is 0.593. The summed E-state index contributed by atoms with van der Waals surface area (Å²) >= 11 is 0. The molecule has 1 aliphatic rings.